The fraction of sp³-hybridized carbons (Fsp3) is 0.125. The van der Waals surface area contributed by atoms with Crippen LogP contribution < -0.4 is 10.2 Å². The zero-order valence-corrected chi connectivity index (χ0v) is 8.16. The van der Waals surface area contributed by atoms with E-state index in [2.05, 4.69) is 0 Å². The first kappa shape index (κ1) is 8.52. The van der Waals surface area contributed by atoms with Crippen LogP contribution in [0.1, 0.15) is 0 Å². The fourth-order valence-corrected chi connectivity index (χ4v) is 1.19. The minimum atomic E-state index is -0.0573. The lowest BCUT2D eigenvalue weighted by Crippen LogP contribution is -2.04. The summed E-state index contributed by atoms with van der Waals surface area (Å²) >= 11 is 1.99. The Morgan fingerprint density at radius 2 is 2.00 bits per heavy atom. The summed E-state index contributed by atoms with van der Waals surface area (Å²) in [7, 11) is 1.49. The Kier molecular flexibility index (Phi) is 2.87. The maximum absolute atomic E-state index is 11.3. The lowest BCUT2D eigenvalue weighted by atomic mass is 10.5. The molecule has 0 aliphatic heterocycles. The van der Waals surface area contributed by atoms with Crippen LogP contribution in [0.15, 0.2) is 29.1 Å². The number of rotatable bonds is 1. The van der Waals surface area contributed by atoms with E-state index in [4.69, 9.17) is 4.74 Å². The fourth-order valence-electron chi connectivity index (χ4n) is 0.713. The molecular weight excluding hydrogens is 255 g/mol. The normalized spacial score (nSPS) is 9.27. The highest BCUT2D eigenvalue weighted by molar-refractivity contribution is 14.1. The second-order valence-electron chi connectivity index (χ2n) is 1.96. The predicted molar refractivity (Wildman–Crippen MR) is 52.0 cm³/mol. The Labute approximate surface area is 78.3 Å². The molecule has 0 fully saturated rings. The third-order valence-electron chi connectivity index (χ3n) is 1.26. The largest absolute Gasteiger partial charge is 0.493 e. The second-order valence-corrected chi connectivity index (χ2v) is 3.13. The van der Waals surface area contributed by atoms with Gasteiger partial charge in [0.25, 0.3) is 0 Å². The summed E-state index contributed by atoms with van der Waals surface area (Å²) in [5, 5.41) is 0. The topological polar surface area (TPSA) is 26.3 Å². The van der Waals surface area contributed by atoms with Crippen molar-refractivity contribution in [2.45, 2.75) is 0 Å². The standard InChI is InChI=1S/C8H7IO2/c1-11-7-5-3-2-4-6(9)8(7)10/h2-5H,1H3. The van der Waals surface area contributed by atoms with Crippen LogP contribution >= 0.6 is 22.6 Å². The molecule has 0 atom stereocenters. The Hall–Kier alpha value is -0.580. The molecule has 0 spiro atoms. The van der Waals surface area contributed by atoms with E-state index in [1.807, 2.05) is 28.7 Å². The van der Waals surface area contributed by atoms with Gasteiger partial charge >= 0.3 is 0 Å². The van der Waals surface area contributed by atoms with E-state index in [0.29, 0.717) is 9.32 Å². The van der Waals surface area contributed by atoms with Crippen molar-refractivity contribution in [3.63, 3.8) is 0 Å². The molecule has 58 valence electrons. The summed E-state index contributed by atoms with van der Waals surface area (Å²) in [4.78, 5) is 11.3. The van der Waals surface area contributed by atoms with Crippen LogP contribution in [0.25, 0.3) is 0 Å². The van der Waals surface area contributed by atoms with Crippen molar-refractivity contribution in [2.24, 2.45) is 0 Å². The Balaban J connectivity index is 3.42. The first-order chi connectivity index (χ1) is 5.25. The highest BCUT2D eigenvalue weighted by atomic mass is 127. The van der Waals surface area contributed by atoms with Crippen LogP contribution in [0.2, 0.25) is 0 Å². The zero-order chi connectivity index (χ0) is 8.27. The molecule has 0 N–H and O–H groups in total. The first-order valence-electron chi connectivity index (χ1n) is 3.08. The van der Waals surface area contributed by atoms with Gasteiger partial charge in [0.1, 0.15) is 0 Å². The predicted octanol–water partition coefficient (Wildman–Crippen LogP) is 1.66. The van der Waals surface area contributed by atoms with E-state index in [0.717, 1.165) is 0 Å². The molecule has 11 heavy (non-hydrogen) atoms. The third-order valence-corrected chi connectivity index (χ3v) is 2.11. The molecule has 0 saturated carbocycles. The van der Waals surface area contributed by atoms with Gasteiger partial charge in [-0.3, -0.25) is 4.79 Å². The minimum Gasteiger partial charge on any atom is -0.493 e. The van der Waals surface area contributed by atoms with Crippen molar-refractivity contribution in [3.05, 3.63) is 38.1 Å². The number of hydrogen-bond donors (Lipinski definition) is 0. The highest BCUT2D eigenvalue weighted by Crippen LogP contribution is 2.03. The SMILES string of the molecule is COc1ccccc(I)c1=O. The van der Waals surface area contributed by atoms with Gasteiger partial charge in [-0.2, -0.15) is 0 Å². The molecule has 0 heterocycles. The van der Waals surface area contributed by atoms with Crippen molar-refractivity contribution >= 4 is 22.6 Å². The molecular formula is C8H7IO2. The van der Waals surface area contributed by atoms with Crippen LogP contribution in [0, 0.1) is 3.57 Å². The van der Waals surface area contributed by atoms with Gasteiger partial charge in [0.2, 0.25) is 5.43 Å². The van der Waals surface area contributed by atoms with Crippen LogP contribution in [0.4, 0.5) is 0 Å². The van der Waals surface area contributed by atoms with Crippen LogP contribution in [0.3, 0.4) is 0 Å². The van der Waals surface area contributed by atoms with Gasteiger partial charge in [-0.1, -0.05) is 12.1 Å². The van der Waals surface area contributed by atoms with Gasteiger partial charge < -0.3 is 4.74 Å². The van der Waals surface area contributed by atoms with Crippen molar-refractivity contribution < 1.29 is 4.74 Å². The number of ether oxygens (including phenoxy) is 1. The molecule has 1 aromatic carbocycles. The van der Waals surface area contributed by atoms with Gasteiger partial charge in [0.15, 0.2) is 5.75 Å². The van der Waals surface area contributed by atoms with Crippen molar-refractivity contribution in [3.8, 4) is 5.75 Å². The Bertz CT molecular complexity index is 309. The van der Waals surface area contributed by atoms with Crippen LogP contribution in [-0.4, -0.2) is 7.11 Å². The van der Waals surface area contributed by atoms with Gasteiger partial charge in [-0.15, -0.1) is 0 Å². The Morgan fingerprint density at radius 3 is 2.64 bits per heavy atom. The van der Waals surface area contributed by atoms with Gasteiger partial charge in [0.05, 0.1) is 10.7 Å². The van der Waals surface area contributed by atoms with Gasteiger partial charge in [-0.05, 0) is 34.7 Å². The summed E-state index contributed by atoms with van der Waals surface area (Å²) in [6.07, 6.45) is 0. The van der Waals surface area contributed by atoms with E-state index < -0.39 is 0 Å². The third kappa shape index (κ3) is 1.92. The Morgan fingerprint density at radius 1 is 1.36 bits per heavy atom. The number of hydrogen-bond acceptors (Lipinski definition) is 2. The quantitative estimate of drug-likeness (QED) is 0.719. The molecule has 2 nitrogen and oxygen atoms in total. The first-order valence-corrected chi connectivity index (χ1v) is 4.16. The van der Waals surface area contributed by atoms with Crippen molar-refractivity contribution in [1.29, 1.82) is 0 Å². The van der Waals surface area contributed by atoms with Crippen LogP contribution in [0.5, 0.6) is 5.75 Å². The molecule has 0 bridgehead atoms. The number of halogens is 1. The average Bonchev–Trinajstić information content (AvgIpc) is 2.16. The van der Waals surface area contributed by atoms with Crippen molar-refractivity contribution in [1.82, 2.24) is 0 Å². The van der Waals surface area contributed by atoms with E-state index in [1.165, 1.54) is 7.11 Å². The van der Waals surface area contributed by atoms with Gasteiger partial charge in [-0.25, -0.2) is 0 Å². The molecule has 0 aromatic heterocycles. The molecule has 3 heteroatoms. The summed E-state index contributed by atoms with van der Waals surface area (Å²) < 4.78 is 5.54. The molecule has 1 rings (SSSR count). The summed E-state index contributed by atoms with van der Waals surface area (Å²) in [5.41, 5.74) is -0.0573. The summed E-state index contributed by atoms with van der Waals surface area (Å²) in [6.45, 7) is 0. The van der Waals surface area contributed by atoms with Crippen molar-refractivity contribution in [2.75, 3.05) is 7.11 Å². The second kappa shape index (κ2) is 3.71. The van der Waals surface area contributed by atoms with Crippen LogP contribution in [-0.2, 0) is 0 Å². The van der Waals surface area contributed by atoms with E-state index in [9.17, 15) is 4.79 Å². The average molecular weight is 262 g/mol. The monoisotopic (exact) mass is 262 g/mol. The molecule has 0 radical (unpaired) electrons. The molecule has 1 aromatic rings. The molecule has 0 aliphatic carbocycles. The van der Waals surface area contributed by atoms with E-state index >= 15 is 0 Å². The lowest BCUT2D eigenvalue weighted by molar-refractivity contribution is 0.411. The molecule has 0 amide bonds. The minimum absolute atomic E-state index is 0.0573. The number of methoxy groups -OCH3 is 1. The van der Waals surface area contributed by atoms with Gasteiger partial charge in [0, 0.05) is 0 Å². The lowest BCUT2D eigenvalue weighted by Gasteiger charge is -1.91. The maximum atomic E-state index is 11.3. The zero-order valence-electron chi connectivity index (χ0n) is 6.00. The highest BCUT2D eigenvalue weighted by Gasteiger charge is 1.97. The summed E-state index contributed by atoms with van der Waals surface area (Å²) in [6, 6.07) is 7.00. The smallest absolute Gasteiger partial charge is 0.233 e. The van der Waals surface area contributed by atoms with E-state index in [1.54, 1.807) is 18.2 Å². The molecule has 0 saturated heterocycles. The maximum Gasteiger partial charge on any atom is 0.233 e. The van der Waals surface area contributed by atoms with E-state index in [-0.39, 0.29) is 5.43 Å². The summed E-state index contributed by atoms with van der Waals surface area (Å²) in [5.74, 6) is 0.388. The molecule has 0 unspecified atom stereocenters. The molecule has 0 aliphatic rings.